The molecule has 2 rings (SSSR count). The lowest BCUT2D eigenvalue weighted by atomic mass is 10.1. The predicted molar refractivity (Wildman–Crippen MR) is 81.7 cm³/mol. The van der Waals surface area contributed by atoms with Crippen LogP contribution in [0, 0.1) is 0 Å². The molecule has 0 heterocycles. The third-order valence-electron chi connectivity index (χ3n) is 3.57. The lowest BCUT2D eigenvalue weighted by Gasteiger charge is -2.13. The maximum atomic E-state index is 9.91. The molecule has 4 nitrogen and oxygen atoms in total. The van der Waals surface area contributed by atoms with Gasteiger partial charge >= 0.3 is 0 Å². The minimum absolute atomic E-state index is 0.0415. The molecular weight excluding hydrogens is 266 g/mol. The van der Waals surface area contributed by atoms with E-state index in [0.717, 1.165) is 12.1 Å². The van der Waals surface area contributed by atoms with Crippen molar-refractivity contribution in [2.45, 2.75) is 19.5 Å². The predicted octanol–water partition coefficient (Wildman–Crippen LogP) is 2.23. The molecule has 0 radical (unpaired) electrons. The summed E-state index contributed by atoms with van der Waals surface area (Å²) in [6, 6.07) is 14.4. The number of phenols is 1. The van der Waals surface area contributed by atoms with Crippen LogP contribution in [-0.2, 0) is 6.54 Å². The first-order valence-electron chi connectivity index (χ1n) is 6.97. The minimum Gasteiger partial charge on any atom is -0.502 e. The van der Waals surface area contributed by atoms with Crippen LogP contribution in [0.2, 0.25) is 0 Å². The molecule has 21 heavy (non-hydrogen) atoms. The highest BCUT2D eigenvalue weighted by Gasteiger charge is 2.13. The van der Waals surface area contributed by atoms with Gasteiger partial charge in [0, 0.05) is 11.1 Å². The van der Waals surface area contributed by atoms with Gasteiger partial charge in [-0.15, -0.1) is 0 Å². The fourth-order valence-electron chi connectivity index (χ4n) is 2.27. The quantitative estimate of drug-likeness (QED) is 0.857. The molecule has 0 unspecified atom stereocenters. The summed E-state index contributed by atoms with van der Waals surface area (Å²) >= 11 is 0. The number of ether oxygens (including phenoxy) is 2. The second-order valence-corrected chi connectivity index (χ2v) is 4.99. The van der Waals surface area contributed by atoms with Crippen molar-refractivity contribution in [1.29, 1.82) is 0 Å². The highest BCUT2D eigenvalue weighted by Crippen LogP contribution is 2.36. The van der Waals surface area contributed by atoms with Gasteiger partial charge in [0.05, 0.1) is 14.2 Å². The van der Waals surface area contributed by atoms with Gasteiger partial charge in [-0.05, 0) is 19.1 Å². The maximum Gasteiger partial charge on any atom is 0.200 e. The Morgan fingerprint density at radius 2 is 1.62 bits per heavy atom. The average molecular weight is 288 g/mol. The Hall–Kier alpha value is -2.20. The van der Waals surface area contributed by atoms with Crippen molar-refractivity contribution in [2.24, 2.45) is 0 Å². The standard InChI is InChI=1S/C17H21NO3/c1-12(14-7-5-4-6-8-14)18-11-13-9-15(20-2)17(19)16(10-13)21-3/h4-10,12,18-19H,11H2,1-3H3/p+1/t12-/m1/s1. The minimum atomic E-state index is 0.0415. The highest BCUT2D eigenvalue weighted by molar-refractivity contribution is 5.52. The smallest absolute Gasteiger partial charge is 0.200 e. The Morgan fingerprint density at radius 1 is 1.05 bits per heavy atom. The van der Waals surface area contributed by atoms with Crippen LogP contribution in [0.3, 0.4) is 0 Å². The molecule has 4 heteroatoms. The number of hydrogen-bond acceptors (Lipinski definition) is 3. The van der Waals surface area contributed by atoms with Crippen LogP contribution in [0.1, 0.15) is 24.1 Å². The number of methoxy groups -OCH3 is 2. The van der Waals surface area contributed by atoms with Gasteiger partial charge in [0.2, 0.25) is 5.75 Å². The van der Waals surface area contributed by atoms with Gasteiger partial charge in [0.15, 0.2) is 11.5 Å². The first-order chi connectivity index (χ1) is 10.2. The largest absolute Gasteiger partial charge is 0.502 e. The van der Waals surface area contributed by atoms with Crippen molar-refractivity contribution in [3.8, 4) is 17.2 Å². The van der Waals surface area contributed by atoms with Crippen molar-refractivity contribution < 1.29 is 19.9 Å². The van der Waals surface area contributed by atoms with E-state index in [4.69, 9.17) is 9.47 Å². The molecule has 0 saturated carbocycles. The molecule has 0 saturated heterocycles. The van der Waals surface area contributed by atoms with E-state index in [1.807, 2.05) is 30.3 Å². The first-order valence-corrected chi connectivity index (χ1v) is 6.97. The van der Waals surface area contributed by atoms with E-state index >= 15 is 0 Å². The van der Waals surface area contributed by atoms with Crippen molar-refractivity contribution in [2.75, 3.05) is 14.2 Å². The third kappa shape index (κ3) is 3.67. The summed E-state index contributed by atoms with van der Waals surface area (Å²) in [5.74, 6) is 0.912. The fraction of sp³-hybridized carbons (Fsp3) is 0.294. The fourth-order valence-corrected chi connectivity index (χ4v) is 2.27. The van der Waals surface area contributed by atoms with Crippen LogP contribution in [0.4, 0.5) is 0 Å². The first kappa shape index (κ1) is 15.2. The molecule has 0 spiro atoms. The summed E-state index contributed by atoms with van der Waals surface area (Å²) in [4.78, 5) is 0. The zero-order valence-corrected chi connectivity index (χ0v) is 12.7. The number of hydrogen-bond donors (Lipinski definition) is 2. The van der Waals surface area contributed by atoms with Crippen LogP contribution < -0.4 is 14.8 Å². The van der Waals surface area contributed by atoms with Crippen LogP contribution in [0.25, 0.3) is 0 Å². The second-order valence-electron chi connectivity index (χ2n) is 4.99. The summed E-state index contributed by atoms with van der Waals surface area (Å²) in [7, 11) is 3.07. The number of rotatable bonds is 6. The van der Waals surface area contributed by atoms with Crippen molar-refractivity contribution in [3.63, 3.8) is 0 Å². The zero-order chi connectivity index (χ0) is 15.2. The van der Waals surface area contributed by atoms with E-state index in [1.54, 1.807) is 0 Å². The molecule has 0 aromatic heterocycles. The van der Waals surface area contributed by atoms with E-state index in [-0.39, 0.29) is 5.75 Å². The van der Waals surface area contributed by atoms with E-state index in [9.17, 15) is 5.11 Å². The van der Waals surface area contributed by atoms with Crippen LogP contribution >= 0.6 is 0 Å². The lowest BCUT2D eigenvalue weighted by Crippen LogP contribution is -2.83. The molecule has 2 aromatic rings. The Balaban J connectivity index is 2.09. The van der Waals surface area contributed by atoms with Gasteiger partial charge < -0.3 is 19.9 Å². The Morgan fingerprint density at radius 3 is 2.14 bits per heavy atom. The maximum absolute atomic E-state index is 9.91. The number of quaternary nitrogens is 1. The number of phenolic OH excluding ortho intramolecular Hbond substituents is 1. The lowest BCUT2D eigenvalue weighted by molar-refractivity contribution is -0.707. The van der Waals surface area contributed by atoms with Crippen LogP contribution in [-0.4, -0.2) is 19.3 Å². The van der Waals surface area contributed by atoms with Gasteiger partial charge in [-0.3, -0.25) is 0 Å². The normalized spacial score (nSPS) is 12.0. The molecule has 0 aliphatic rings. The van der Waals surface area contributed by atoms with Gasteiger partial charge in [0.1, 0.15) is 12.6 Å². The molecule has 0 aliphatic heterocycles. The summed E-state index contributed by atoms with van der Waals surface area (Å²) in [6.07, 6.45) is 0. The number of aromatic hydroxyl groups is 1. The molecule has 3 N–H and O–H groups in total. The van der Waals surface area contributed by atoms with Gasteiger partial charge in [-0.1, -0.05) is 30.3 Å². The van der Waals surface area contributed by atoms with E-state index < -0.39 is 0 Å². The Kier molecular flexibility index (Phi) is 5.06. The molecule has 0 bridgehead atoms. The third-order valence-corrected chi connectivity index (χ3v) is 3.57. The molecule has 2 aromatic carbocycles. The van der Waals surface area contributed by atoms with E-state index in [1.165, 1.54) is 19.8 Å². The number of nitrogens with two attached hydrogens (primary N) is 1. The van der Waals surface area contributed by atoms with Crippen molar-refractivity contribution in [1.82, 2.24) is 0 Å². The summed E-state index contributed by atoms with van der Waals surface area (Å²) in [5, 5.41) is 12.1. The van der Waals surface area contributed by atoms with Gasteiger partial charge in [0.25, 0.3) is 0 Å². The average Bonchev–Trinajstić information content (AvgIpc) is 2.54. The SMILES string of the molecule is COc1cc(C[NH2+][C@H](C)c2ccccc2)cc(OC)c1O. The summed E-state index contributed by atoms with van der Waals surface area (Å²) in [5.41, 5.74) is 2.33. The monoisotopic (exact) mass is 288 g/mol. The number of benzene rings is 2. The Labute approximate surface area is 125 Å². The molecule has 112 valence electrons. The van der Waals surface area contributed by atoms with Gasteiger partial charge in [-0.2, -0.15) is 0 Å². The molecule has 1 atom stereocenters. The molecule has 0 amide bonds. The van der Waals surface area contributed by atoms with Crippen molar-refractivity contribution >= 4 is 0 Å². The topological polar surface area (TPSA) is 55.3 Å². The van der Waals surface area contributed by atoms with Crippen LogP contribution in [0.15, 0.2) is 42.5 Å². The molecular formula is C17H22NO3+. The van der Waals surface area contributed by atoms with Crippen LogP contribution in [0.5, 0.6) is 17.2 Å². The van der Waals surface area contributed by atoms with Crippen molar-refractivity contribution in [3.05, 3.63) is 53.6 Å². The van der Waals surface area contributed by atoms with Gasteiger partial charge in [-0.25, -0.2) is 0 Å². The summed E-state index contributed by atoms with van der Waals surface area (Å²) in [6.45, 7) is 2.95. The highest BCUT2D eigenvalue weighted by atomic mass is 16.5. The van der Waals surface area contributed by atoms with E-state index in [2.05, 4.69) is 24.4 Å². The second kappa shape index (κ2) is 6.99. The zero-order valence-electron chi connectivity index (χ0n) is 12.7. The molecule has 0 aliphatic carbocycles. The molecule has 0 fully saturated rings. The van der Waals surface area contributed by atoms with E-state index in [0.29, 0.717) is 17.5 Å². The Bertz CT molecular complexity index is 559. The summed E-state index contributed by atoms with van der Waals surface area (Å²) < 4.78 is 10.4.